The molecule has 0 saturated heterocycles. The molecule has 5 atom stereocenters. The van der Waals surface area contributed by atoms with Gasteiger partial charge in [0, 0.05) is 11.3 Å². The molecule has 4 aliphatic carbocycles. The fourth-order valence-corrected chi connectivity index (χ4v) is 7.08. The van der Waals surface area contributed by atoms with Gasteiger partial charge in [0.1, 0.15) is 5.60 Å². The van der Waals surface area contributed by atoms with Crippen LogP contribution in [0.2, 0.25) is 0 Å². The summed E-state index contributed by atoms with van der Waals surface area (Å²) in [7, 11) is 0. The fourth-order valence-electron chi connectivity index (χ4n) is 7.08. The first-order valence-electron chi connectivity index (χ1n) is 11.0. The van der Waals surface area contributed by atoms with Gasteiger partial charge in [-0.15, -0.1) is 0 Å². The number of carbonyl (C=O) groups excluding carboxylic acids is 2. The van der Waals surface area contributed by atoms with Crippen LogP contribution in [0.5, 0.6) is 0 Å². The van der Waals surface area contributed by atoms with Gasteiger partial charge in [-0.25, -0.2) is 0 Å². The molecule has 0 aliphatic heterocycles. The second-order valence-corrected chi connectivity index (χ2v) is 10.5. The molecular formula is C24H34O5. The minimum Gasteiger partial charge on any atom is -0.488 e. The number of carbonyl (C=O) groups is 2. The van der Waals surface area contributed by atoms with Crippen LogP contribution in [0.3, 0.4) is 0 Å². The average Bonchev–Trinajstić information content (AvgIpc) is 3.15. The topological polar surface area (TPSA) is 72.8 Å². The van der Waals surface area contributed by atoms with E-state index in [0.717, 1.165) is 18.4 Å². The van der Waals surface area contributed by atoms with Crippen LogP contribution < -0.4 is 0 Å². The van der Waals surface area contributed by atoms with E-state index in [0.29, 0.717) is 6.42 Å². The van der Waals surface area contributed by atoms with Gasteiger partial charge in [0.2, 0.25) is 11.5 Å². The monoisotopic (exact) mass is 402 g/mol. The lowest BCUT2D eigenvalue weighted by molar-refractivity contribution is -0.134. The first kappa shape index (κ1) is 20.6. The molecule has 1 N–H and O–H groups in total. The van der Waals surface area contributed by atoms with E-state index in [9.17, 15) is 14.7 Å². The number of Topliss-reactive ketones (excluding diaryl/α,β-unsaturated/α-hetero) is 1. The zero-order valence-corrected chi connectivity index (χ0v) is 18.7. The van der Waals surface area contributed by atoms with Gasteiger partial charge >= 0.3 is 0 Å². The Labute approximate surface area is 173 Å². The highest BCUT2D eigenvalue weighted by atomic mass is 16.5. The van der Waals surface area contributed by atoms with Gasteiger partial charge in [-0.2, -0.15) is 0 Å². The van der Waals surface area contributed by atoms with Crippen molar-refractivity contribution in [3.8, 4) is 0 Å². The zero-order chi connectivity index (χ0) is 21.5. The van der Waals surface area contributed by atoms with Crippen molar-refractivity contribution in [1.82, 2.24) is 0 Å². The Morgan fingerprint density at radius 1 is 1.07 bits per heavy atom. The molecule has 29 heavy (non-hydrogen) atoms. The van der Waals surface area contributed by atoms with Crippen molar-refractivity contribution in [2.75, 3.05) is 0 Å². The van der Waals surface area contributed by atoms with Crippen LogP contribution in [-0.4, -0.2) is 34.5 Å². The molecule has 1 spiro atoms. The van der Waals surface area contributed by atoms with Gasteiger partial charge in [-0.05, 0) is 70.4 Å². The van der Waals surface area contributed by atoms with E-state index in [-0.39, 0.29) is 53.0 Å². The van der Waals surface area contributed by atoms with Crippen molar-refractivity contribution >= 4 is 11.6 Å². The van der Waals surface area contributed by atoms with E-state index in [1.165, 1.54) is 0 Å². The minimum absolute atomic E-state index is 0.00961. The van der Waals surface area contributed by atoms with E-state index in [2.05, 4.69) is 20.8 Å². The lowest BCUT2D eigenvalue weighted by Gasteiger charge is -2.40. The van der Waals surface area contributed by atoms with Crippen molar-refractivity contribution < 1.29 is 24.2 Å². The SMILES string of the molecule is CC(C)OC1=C(OC(C)C)[C@]2(O)CC[C@H]3C[C@@]4(C)C(=CC(=O)[C@@H]4C(C)C)[C@]32C1=O. The van der Waals surface area contributed by atoms with Gasteiger partial charge < -0.3 is 14.6 Å². The highest BCUT2D eigenvalue weighted by Crippen LogP contribution is 2.76. The zero-order valence-electron chi connectivity index (χ0n) is 18.7. The van der Waals surface area contributed by atoms with E-state index < -0.39 is 16.4 Å². The van der Waals surface area contributed by atoms with Gasteiger partial charge in [0.05, 0.1) is 17.6 Å². The largest absolute Gasteiger partial charge is 0.488 e. The molecular weight excluding hydrogens is 368 g/mol. The maximum absolute atomic E-state index is 14.0. The number of ether oxygens (including phenoxy) is 2. The van der Waals surface area contributed by atoms with Crippen molar-refractivity contribution in [3.05, 3.63) is 23.2 Å². The summed E-state index contributed by atoms with van der Waals surface area (Å²) in [5.74, 6) is 0.331. The van der Waals surface area contributed by atoms with Gasteiger partial charge in [0.25, 0.3) is 0 Å². The number of aliphatic hydroxyl groups is 1. The summed E-state index contributed by atoms with van der Waals surface area (Å²) in [6.45, 7) is 13.8. The standard InChI is InChI=1S/C24H34O5/c1-12(2)18-16(25)10-17-22(18,7)11-15-8-9-23(27)21(29-14(5)6)19(28-13(3)4)20(26)24(15,17)23/h10,12-15,18,27H,8-9,11H2,1-7H3/t15-,18-,22-,23+,24-/m0/s1. The van der Waals surface area contributed by atoms with Crippen LogP contribution in [0.25, 0.3) is 0 Å². The Morgan fingerprint density at radius 2 is 1.69 bits per heavy atom. The summed E-state index contributed by atoms with van der Waals surface area (Å²) in [4.78, 5) is 27.0. The molecule has 0 radical (unpaired) electrons. The molecule has 0 aromatic carbocycles. The Morgan fingerprint density at radius 3 is 2.24 bits per heavy atom. The Hall–Kier alpha value is -1.62. The molecule has 2 saturated carbocycles. The maximum Gasteiger partial charge on any atom is 0.214 e. The van der Waals surface area contributed by atoms with Crippen molar-refractivity contribution in [3.63, 3.8) is 0 Å². The molecule has 0 aromatic rings. The Bertz CT molecular complexity index is 834. The number of hydrogen-bond donors (Lipinski definition) is 1. The average molecular weight is 403 g/mol. The molecule has 0 unspecified atom stereocenters. The highest BCUT2D eigenvalue weighted by molar-refractivity contribution is 6.10. The number of allylic oxidation sites excluding steroid dienone is 2. The molecule has 0 aromatic heterocycles. The highest BCUT2D eigenvalue weighted by Gasteiger charge is 2.80. The van der Waals surface area contributed by atoms with Crippen LogP contribution in [0.4, 0.5) is 0 Å². The van der Waals surface area contributed by atoms with Gasteiger partial charge in [-0.1, -0.05) is 20.8 Å². The van der Waals surface area contributed by atoms with Crippen LogP contribution in [0, 0.1) is 28.6 Å². The molecule has 4 aliphatic rings. The third-order valence-electron chi connectivity index (χ3n) is 7.63. The van der Waals surface area contributed by atoms with Gasteiger partial charge in [-0.3, -0.25) is 9.59 Å². The summed E-state index contributed by atoms with van der Waals surface area (Å²) < 4.78 is 12.0. The molecule has 0 heterocycles. The summed E-state index contributed by atoms with van der Waals surface area (Å²) in [5.41, 5.74) is -2.17. The first-order chi connectivity index (χ1) is 13.4. The Balaban J connectivity index is 1.92. The van der Waals surface area contributed by atoms with E-state index >= 15 is 0 Å². The van der Waals surface area contributed by atoms with Crippen LogP contribution in [0.1, 0.15) is 67.7 Å². The summed E-state index contributed by atoms with van der Waals surface area (Å²) in [5, 5.41) is 12.1. The molecule has 0 bridgehead atoms. The Kier molecular flexibility index (Phi) is 4.41. The predicted molar refractivity (Wildman–Crippen MR) is 109 cm³/mol. The third kappa shape index (κ3) is 2.31. The summed E-state index contributed by atoms with van der Waals surface area (Å²) in [6.07, 6.45) is 3.21. The second-order valence-electron chi connectivity index (χ2n) is 10.5. The molecule has 5 nitrogen and oxygen atoms in total. The lowest BCUT2D eigenvalue weighted by atomic mass is 9.64. The van der Waals surface area contributed by atoms with Crippen LogP contribution >= 0.6 is 0 Å². The summed E-state index contributed by atoms with van der Waals surface area (Å²) in [6, 6.07) is 0. The molecule has 5 heteroatoms. The van der Waals surface area contributed by atoms with Gasteiger partial charge in [0.15, 0.2) is 11.5 Å². The molecule has 0 amide bonds. The normalized spacial score (nSPS) is 40.9. The fraction of sp³-hybridized carbons (Fsp3) is 0.750. The van der Waals surface area contributed by atoms with Crippen molar-refractivity contribution in [2.24, 2.45) is 28.6 Å². The quantitative estimate of drug-likeness (QED) is 0.754. The van der Waals surface area contributed by atoms with Crippen molar-refractivity contribution in [1.29, 1.82) is 0 Å². The summed E-state index contributed by atoms with van der Waals surface area (Å²) >= 11 is 0. The van der Waals surface area contributed by atoms with E-state index in [4.69, 9.17) is 9.47 Å². The van der Waals surface area contributed by atoms with E-state index in [1.807, 2.05) is 27.7 Å². The smallest absolute Gasteiger partial charge is 0.214 e. The third-order valence-corrected chi connectivity index (χ3v) is 7.63. The number of ketones is 2. The number of fused-ring (bicyclic) bond motifs is 1. The maximum atomic E-state index is 14.0. The van der Waals surface area contributed by atoms with Crippen LogP contribution in [-0.2, 0) is 19.1 Å². The van der Waals surface area contributed by atoms with Crippen molar-refractivity contribution in [2.45, 2.75) is 85.5 Å². The molecule has 4 rings (SSSR count). The lowest BCUT2D eigenvalue weighted by Crippen LogP contribution is -2.49. The van der Waals surface area contributed by atoms with Crippen LogP contribution in [0.15, 0.2) is 23.2 Å². The predicted octanol–water partition coefficient (Wildman–Crippen LogP) is 3.95. The molecule has 160 valence electrons. The van der Waals surface area contributed by atoms with E-state index in [1.54, 1.807) is 6.08 Å². The second kappa shape index (κ2) is 6.19. The minimum atomic E-state index is -1.45. The molecule has 2 fully saturated rings. The number of hydrogen-bond acceptors (Lipinski definition) is 5. The first-order valence-corrected chi connectivity index (χ1v) is 11.0. The number of rotatable bonds is 5.